The van der Waals surface area contributed by atoms with Crippen LogP contribution >= 0.6 is 15.9 Å². The maximum Gasteiger partial charge on any atom is 0.241 e. The van der Waals surface area contributed by atoms with E-state index in [9.17, 15) is 9.90 Å². The van der Waals surface area contributed by atoms with E-state index in [-0.39, 0.29) is 12.3 Å². The highest BCUT2D eigenvalue weighted by Crippen LogP contribution is 2.16. The molecule has 2 aromatic rings. The number of carbonyl (C=O) groups excluding carboxylic acids is 1. The van der Waals surface area contributed by atoms with Gasteiger partial charge in [-0.05, 0) is 23.8 Å². The van der Waals surface area contributed by atoms with Crippen LogP contribution in [0.5, 0.6) is 0 Å². The number of amides is 1. The Morgan fingerprint density at radius 3 is 2.60 bits per heavy atom. The summed E-state index contributed by atoms with van der Waals surface area (Å²) in [7, 11) is 0. The van der Waals surface area contributed by atoms with E-state index in [4.69, 9.17) is 0 Å². The molecular weight excluding hydrogens is 320 g/mol. The van der Waals surface area contributed by atoms with Gasteiger partial charge >= 0.3 is 0 Å². The van der Waals surface area contributed by atoms with Crippen LogP contribution in [0.3, 0.4) is 0 Å². The molecule has 0 aliphatic rings. The van der Waals surface area contributed by atoms with Gasteiger partial charge in [-0.1, -0.05) is 52.3 Å². The molecule has 0 saturated carbocycles. The van der Waals surface area contributed by atoms with Gasteiger partial charge in [-0.25, -0.2) is 0 Å². The van der Waals surface area contributed by atoms with E-state index in [1.54, 1.807) is 12.1 Å². The first kappa shape index (κ1) is 14.6. The van der Waals surface area contributed by atoms with Crippen LogP contribution in [0.2, 0.25) is 0 Å². The third kappa shape index (κ3) is 4.36. The lowest BCUT2D eigenvalue weighted by Gasteiger charge is -2.12. The van der Waals surface area contributed by atoms with Crippen molar-refractivity contribution in [2.45, 2.75) is 12.5 Å². The highest BCUT2D eigenvalue weighted by molar-refractivity contribution is 9.10. The fourth-order valence-corrected chi connectivity index (χ4v) is 2.13. The molecule has 20 heavy (non-hydrogen) atoms. The smallest absolute Gasteiger partial charge is 0.241 e. The lowest BCUT2D eigenvalue weighted by molar-refractivity contribution is -0.122. The van der Waals surface area contributed by atoms with Crippen LogP contribution in [0.1, 0.15) is 18.1 Å². The molecule has 3 N–H and O–H groups in total. The molecule has 0 heterocycles. The Morgan fingerprint density at radius 1 is 1.15 bits per heavy atom. The number of hydrazine groups is 1. The lowest BCUT2D eigenvalue weighted by atomic mass is 10.1. The highest BCUT2D eigenvalue weighted by atomic mass is 79.9. The molecule has 0 bridgehead atoms. The summed E-state index contributed by atoms with van der Waals surface area (Å²) in [4.78, 5) is 11.7. The molecule has 0 aromatic heterocycles. The van der Waals surface area contributed by atoms with Gasteiger partial charge in [0.15, 0.2) is 0 Å². The van der Waals surface area contributed by atoms with E-state index in [2.05, 4.69) is 26.8 Å². The van der Waals surface area contributed by atoms with Crippen LogP contribution in [0.4, 0.5) is 5.69 Å². The summed E-state index contributed by atoms with van der Waals surface area (Å²) < 4.78 is 0.918. The van der Waals surface area contributed by atoms with Crippen LogP contribution < -0.4 is 10.9 Å². The number of hydrogen-bond acceptors (Lipinski definition) is 3. The third-order valence-electron chi connectivity index (χ3n) is 2.73. The van der Waals surface area contributed by atoms with Gasteiger partial charge in [-0.2, -0.15) is 0 Å². The Balaban J connectivity index is 1.84. The number of anilines is 1. The van der Waals surface area contributed by atoms with Crippen LogP contribution in [-0.4, -0.2) is 11.0 Å². The van der Waals surface area contributed by atoms with Crippen LogP contribution in [0, 0.1) is 0 Å². The molecule has 4 nitrogen and oxygen atoms in total. The van der Waals surface area contributed by atoms with Gasteiger partial charge in [0, 0.05) is 4.47 Å². The lowest BCUT2D eigenvalue weighted by Crippen LogP contribution is -2.30. The average Bonchev–Trinajstić information content (AvgIpc) is 2.46. The molecule has 2 aromatic carbocycles. The number of rotatable bonds is 5. The van der Waals surface area contributed by atoms with Crippen LogP contribution in [0.25, 0.3) is 0 Å². The SMILES string of the molecule is O=C(CC(O)c1ccccc1)NNc1cccc(Br)c1. The fraction of sp³-hybridized carbons (Fsp3) is 0.133. The van der Waals surface area contributed by atoms with Gasteiger partial charge in [-0.3, -0.25) is 15.6 Å². The highest BCUT2D eigenvalue weighted by Gasteiger charge is 2.12. The van der Waals surface area contributed by atoms with Crippen molar-refractivity contribution in [3.05, 3.63) is 64.6 Å². The van der Waals surface area contributed by atoms with E-state index in [1.165, 1.54) is 0 Å². The van der Waals surface area contributed by atoms with Gasteiger partial charge in [0.2, 0.25) is 5.91 Å². The van der Waals surface area contributed by atoms with Crippen molar-refractivity contribution in [1.82, 2.24) is 5.43 Å². The van der Waals surface area contributed by atoms with Crippen LogP contribution in [0.15, 0.2) is 59.1 Å². The average molecular weight is 335 g/mol. The Bertz CT molecular complexity index is 575. The maximum absolute atomic E-state index is 11.7. The van der Waals surface area contributed by atoms with Crippen molar-refractivity contribution in [3.8, 4) is 0 Å². The summed E-state index contributed by atoms with van der Waals surface area (Å²) in [6.07, 6.45) is -0.800. The number of halogens is 1. The van der Waals surface area contributed by atoms with E-state index in [0.29, 0.717) is 0 Å². The van der Waals surface area contributed by atoms with Crippen molar-refractivity contribution in [2.75, 3.05) is 5.43 Å². The molecule has 104 valence electrons. The Hall–Kier alpha value is -1.85. The summed E-state index contributed by atoms with van der Waals surface area (Å²) in [5.74, 6) is -0.277. The van der Waals surface area contributed by atoms with E-state index >= 15 is 0 Å². The third-order valence-corrected chi connectivity index (χ3v) is 3.23. The predicted octanol–water partition coefficient (Wildman–Crippen LogP) is 3.02. The number of aliphatic hydroxyl groups excluding tert-OH is 1. The second kappa shape index (κ2) is 7.07. The number of benzene rings is 2. The number of aliphatic hydroxyl groups is 1. The molecule has 0 saturated heterocycles. The number of hydrogen-bond donors (Lipinski definition) is 3. The summed E-state index contributed by atoms with van der Waals surface area (Å²) in [5, 5.41) is 9.94. The zero-order valence-electron chi connectivity index (χ0n) is 10.7. The van der Waals surface area contributed by atoms with Gasteiger partial charge in [0.05, 0.1) is 18.2 Å². The summed E-state index contributed by atoms with van der Waals surface area (Å²) in [5.41, 5.74) is 6.85. The molecule has 0 radical (unpaired) electrons. The van der Waals surface area contributed by atoms with E-state index in [1.807, 2.05) is 42.5 Å². The zero-order valence-corrected chi connectivity index (χ0v) is 12.3. The van der Waals surface area contributed by atoms with Crippen molar-refractivity contribution >= 4 is 27.5 Å². The normalized spacial score (nSPS) is 11.7. The van der Waals surface area contributed by atoms with Gasteiger partial charge in [0.1, 0.15) is 0 Å². The zero-order chi connectivity index (χ0) is 14.4. The minimum absolute atomic E-state index is 0.00498. The second-order valence-corrected chi connectivity index (χ2v) is 5.23. The van der Waals surface area contributed by atoms with Crippen molar-refractivity contribution in [1.29, 1.82) is 0 Å². The first-order valence-corrected chi connectivity index (χ1v) is 6.98. The first-order chi connectivity index (χ1) is 9.65. The number of carbonyl (C=O) groups is 1. The molecule has 0 fully saturated rings. The summed E-state index contributed by atoms with van der Waals surface area (Å²) >= 11 is 3.35. The quantitative estimate of drug-likeness (QED) is 0.736. The Morgan fingerprint density at radius 2 is 1.90 bits per heavy atom. The first-order valence-electron chi connectivity index (χ1n) is 6.18. The Labute approximate surface area is 125 Å². The molecule has 0 spiro atoms. The van der Waals surface area contributed by atoms with E-state index < -0.39 is 6.10 Å². The predicted molar refractivity (Wildman–Crippen MR) is 81.9 cm³/mol. The molecular formula is C15H15BrN2O2. The molecule has 0 aliphatic carbocycles. The van der Waals surface area contributed by atoms with Crippen LogP contribution in [-0.2, 0) is 4.79 Å². The van der Waals surface area contributed by atoms with E-state index in [0.717, 1.165) is 15.7 Å². The monoisotopic (exact) mass is 334 g/mol. The number of nitrogens with one attached hydrogen (secondary N) is 2. The maximum atomic E-state index is 11.7. The minimum Gasteiger partial charge on any atom is -0.388 e. The van der Waals surface area contributed by atoms with Crippen molar-refractivity contribution in [2.24, 2.45) is 0 Å². The minimum atomic E-state index is -0.805. The van der Waals surface area contributed by atoms with Crippen molar-refractivity contribution < 1.29 is 9.90 Å². The van der Waals surface area contributed by atoms with Gasteiger partial charge in [0.25, 0.3) is 0 Å². The fourth-order valence-electron chi connectivity index (χ4n) is 1.73. The Kier molecular flexibility index (Phi) is 5.15. The second-order valence-electron chi connectivity index (χ2n) is 4.31. The molecule has 0 aliphatic heterocycles. The van der Waals surface area contributed by atoms with Crippen molar-refractivity contribution in [3.63, 3.8) is 0 Å². The molecule has 1 amide bonds. The molecule has 2 rings (SSSR count). The van der Waals surface area contributed by atoms with Gasteiger partial charge in [-0.15, -0.1) is 0 Å². The molecule has 1 atom stereocenters. The molecule has 1 unspecified atom stereocenters. The molecule has 5 heteroatoms. The summed E-state index contributed by atoms with van der Waals surface area (Å²) in [6, 6.07) is 16.5. The summed E-state index contributed by atoms with van der Waals surface area (Å²) in [6.45, 7) is 0. The topological polar surface area (TPSA) is 61.4 Å². The largest absolute Gasteiger partial charge is 0.388 e. The van der Waals surface area contributed by atoms with Gasteiger partial charge < -0.3 is 5.11 Å². The standard InChI is InChI=1S/C15H15BrN2O2/c16-12-7-4-8-13(9-12)17-18-15(20)10-14(19)11-5-2-1-3-6-11/h1-9,14,17,19H,10H2,(H,18,20).